The quantitative estimate of drug-likeness (QED) is 0.478. The third-order valence-electron chi connectivity index (χ3n) is 4.46. The zero-order valence-corrected chi connectivity index (χ0v) is 14.6. The van der Waals surface area contributed by atoms with Gasteiger partial charge in [0, 0.05) is 0 Å². The van der Waals surface area contributed by atoms with Crippen molar-refractivity contribution < 1.29 is 0 Å². The summed E-state index contributed by atoms with van der Waals surface area (Å²) in [6.45, 7) is 0. The summed E-state index contributed by atoms with van der Waals surface area (Å²) in [5.41, 5.74) is 5.07. The molecule has 3 aromatic carbocycles. The Morgan fingerprint density at radius 2 is 1.50 bits per heavy atom. The molecule has 0 aliphatic rings. The number of para-hydroxylation sites is 2. The van der Waals surface area contributed by atoms with Crippen LogP contribution in [0.25, 0.3) is 33.2 Å². The van der Waals surface area contributed by atoms with Crippen molar-refractivity contribution in [2.75, 3.05) is 0 Å². The molecule has 0 aliphatic heterocycles. The van der Waals surface area contributed by atoms with Crippen molar-refractivity contribution in [2.24, 2.45) is 0 Å². The van der Waals surface area contributed by atoms with Crippen molar-refractivity contribution in [3.05, 3.63) is 99.3 Å². The highest BCUT2D eigenvalue weighted by Gasteiger charge is 2.10. The van der Waals surface area contributed by atoms with E-state index in [2.05, 4.69) is 29.2 Å². The number of imidazole rings is 1. The number of nitrogens with zero attached hydrogens (tertiary/aromatic N) is 2. The molecule has 5 aromatic rings. The lowest BCUT2D eigenvalue weighted by molar-refractivity contribution is 1.19. The van der Waals surface area contributed by atoms with Gasteiger partial charge in [0.25, 0.3) is 5.56 Å². The summed E-state index contributed by atoms with van der Waals surface area (Å²) in [7, 11) is 0. The first-order valence-electron chi connectivity index (χ1n) is 8.37. The summed E-state index contributed by atoms with van der Waals surface area (Å²) in [4.78, 5) is 18.1. The van der Waals surface area contributed by atoms with Gasteiger partial charge in [-0.05, 0) is 34.9 Å². The summed E-state index contributed by atoms with van der Waals surface area (Å²) in [5.74, 6) is 0. The fourth-order valence-electron chi connectivity index (χ4n) is 3.17. The fraction of sp³-hybridized carbons (Fsp3) is 0. The van der Waals surface area contributed by atoms with Crippen LogP contribution in [0.5, 0.6) is 0 Å². The molecule has 3 nitrogen and oxygen atoms in total. The van der Waals surface area contributed by atoms with E-state index in [4.69, 9.17) is 0 Å². The van der Waals surface area contributed by atoms with Crippen molar-refractivity contribution >= 4 is 33.4 Å². The number of fused-ring (bicyclic) bond motifs is 3. The highest BCUT2D eigenvalue weighted by Crippen LogP contribution is 2.20. The van der Waals surface area contributed by atoms with E-state index in [-0.39, 0.29) is 5.56 Å². The number of benzene rings is 3. The van der Waals surface area contributed by atoms with Gasteiger partial charge < -0.3 is 0 Å². The van der Waals surface area contributed by atoms with Gasteiger partial charge in [0.1, 0.15) is 0 Å². The third-order valence-corrected chi connectivity index (χ3v) is 5.43. The smallest absolute Gasteiger partial charge is 0.267 e. The van der Waals surface area contributed by atoms with E-state index in [0.717, 1.165) is 27.1 Å². The number of thiazole rings is 1. The van der Waals surface area contributed by atoms with Crippen LogP contribution in [-0.2, 0) is 0 Å². The summed E-state index contributed by atoms with van der Waals surface area (Å²) in [6.07, 6.45) is 1.94. The Bertz CT molecular complexity index is 1330. The lowest BCUT2D eigenvalue weighted by Gasteiger charge is -2.01. The highest BCUT2D eigenvalue weighted by molar-refractivity contribution is 7.15. The minimum atomic E-state index is -0.00849. The molecular weight excluding hydrogens is 340 g/mol. The molecule has 0 saturated heterocycles. The van der Waals surface area contributed by atoms with Crippen molar-refractivity contribution in [2.45, 2.75) is 0 Å². The van der Waals surface area contributed by atoms with Crippen LogP contribution in [0.3, 0.4) is 0 Å². The minimum Gasteiger partial charge on any atom is -0.267 e. The number of rotatable bonds is 2. The van der Waals surface area contributed by atoms with E-state index in [1.54, 1.807) is 4.40 Å². The average Bonchev–Trinajstić information content (AvgIpc) is 3.20. The number of hydrogen-bond donors (Lipinski definition) is 0. The molecule has 0 aliphatic carbocycles. The Hall–Kier alpha value is -3.24. The van der Waals surface area contributed by atoms with Crippen molar-refractivity contribution in [1.29, 1.82) is 0 Å². The van der Waals surface area contributed by atoms with Crippen LogP contribution in [0.2, 0.25) is 0 Å². The number of aromatic nitrogens is 2. The molecule has 0 bridgehead atoms. The molecule has 26 heavy (non-hydrogen) atoms. The second-order valence-corrected chi connectivity index (χ2v) is 7.13. The van der Waals surface area contributed by atoms with Gasteiger partial charge in [-0.3, -0.25) is 4.79 Å². The van der Waals surface area contributed by atoms with Gasteiger partial charge in [-0.1, -0.05) is 78.1 Å². The van der Waals surface area contributed by atoms with Crippen LogP contribution in [0, 0.1) is 0 Å². The van der Waals surface area contributed by atoms with E-state index in [9.17, 15) is 4.79 Å². The van der Waals surface area contributed by atoms with E-state index in [1.165, 1.54) is 16.9 Å². The van der Waals surface area contributed by atoms with Crippen molar-refractivity contribution in [3.63, 3.8) is 0 Å². The highest BCUT2D eigenvalue weighted by atomic mass is 32.1. The first-order chi connectivity index (χ1) is 12.8. The normalized spacial score (nSPS) is 12.2. The Kier molecular flexibility index (Phi) is 3.43. The molecule has 2 aromatic heterocycles. The predicted octanol–water partition coefficient (Wildman–Crippen LogP) is 4.12. The number of hydrogen-bond acceptors (Lipinski definition) is 3. The van der Waals surface area contributed by atoms with Crippen LogP contribution in [0.15, 0.2) is 83.7 Å². The van der Waals surface area contributed by atoms with Gasteiger partial charge >= 0.3 is 0 Å². The van der Waals surface area contributed by atoms with E-state index >= 15 is 0 Å². The largest absolute Gasteiger partial charge is 0.274 e. The molecule has 0 atom stereocenters. The van der Waals surface area contributed by atoms with Crippen LogP contribution in [0.4, 0.5) is 0 Å². The second-order valence-electron chi connectivity index (χ2n) is 6.12. The van der Waals surface area contributed by atoms with Crippen molar-refractivity contribution in [1.82, 2.24) is 9.38 Å². The second kappa shape index (κ2) is 5.93. The molecule has 0 spiro atoms. The SMILES string of the molecule is O=c1c(=Cc2ccc(-c3ccccc3)cc2)sc2nc3ccccc3n12. The Morgan fingerprint density at radius 1 is 0.808 bits per heavy atom. The summed E-state index contributed by atoms with van der Waals surface area (Å²) >= 11 is 1.43. The Balaban J connectivity index is 1.60. The van der Waals surface area contributed by atoms with Gasteiger partial charge in [0.15, 0.2) is 4.96 Å². The maximum absolute atomic E-state index is 12.8. The van der Waals surface area contributed by atoms with E-state index in [0.29, 0.717) is 4.53 Å². The van der Waals surface area contributed by atoms with Crippen molar-refractivity contribution in [3.8, 4) is 11.1 Å². The van der Waals surface area contributed by atoms with Crippen LogP contribution in [-0.4, -0.2) is 9.38 Å². The van der Waals surface area contributed by atoms with Gasteiger partial charge in [-0.25, -0.2) is 9.38 Å². The van der Waals surface area contributed by atoms with E-state index < -0.39 is 0 Å². The molecular formula is C22H14N2OS. The van der Waals surface area contributed by atoms with Gasteiger partial charge in [-0.15, -0.1) is 0 Å². The zero-order chi connectivity index (χ0) is 17.5. The topological polar surface area (TPSA) is 34.4 Å². The Labute approximate surface area is 153 Å². The van der Waals surface area contributed by atoms with Crippen LogP contribution >= 0.6 is 11.3 Å². The molecule has 0 saturated carbocycles. The first-order valence-corrected chi connectivity index (χ1v) is 9.18. The Morgan fingerprint density at radius 3 is 2.31 bits per heavy atom. The predicted molar refractivity (Wildman–Crippen MR) is 108 cm³/mol. The van der Waals surface area contributed by atoms with E-state index in [1.807, 2.05) is 60.7 Å². The third kappa shape index (κ3) is 2.43. The molecule has 2 heterocycles. The van der Waals surface area contributed by atoms with Gasteiger partial charge in [0.05, 0.1) is 15.6 Å². The first kappa shape index (κ1) is 15.0. The molecule has 0 radical (unpaired) electrons. The molecule has 0 fully saturated rings. The summed E-state index contributed by atoms with van der Waals surface area (Å²) in [5, 5.41) is 0. The van der Waals surface area contributed by atoms with Gasteiger partial charge in [0.2, 0.25) is 0 Å². The molecule has 124 valence electrons. The molecule has 4 heteroatoms. The zero-order valence-electron chi connectivity index (χ0n) is 13.8. The van der Waals surface area contributed by atoms with Crippen LogP contribution in [0.1, 0.15) is 5.56 Å². The monoisotopic (exact) mass is 354 g/mol. The van der Waals surface area contributed by atoms with Gasteiger partial charge in [-0.2, -0.15) is 0 Å². The standard InChI is InChI=1S/C22H14N2OS/c25-21-20(26-22-23-18-8-4-5-9-19(18)24(21)22)14-15-10-12-17(13-11-15)16-6-2-1-3-7-16/h1-14H. The summed E-state index contributed by atoms with van der Waals surface area (Å²) < 4.78 is 2.40. The van der Waals surface area contributed by atoms with Crippen LogP contribution < -0.4 is 10.1 Å². The minimum absolute atomic E-state index is 0.00849. The molecule has 0 N–H and O–H groups in total. The fourth-order valence-corrected chi connectivity index (χ4v) is 4.15. The molecule has 5 rings (SSSR count). The average molecular weight is 354 g/mol. The maximum Gasteiger partial charge on any atom is 0.274 e. The molecule has 0 amide bonds. The lowest BCUT2D eigenvalue weighted by atomic mass is 10.0. The molecule has 0 unspecified atom stereocenters. The maximum atomic E-state index is 12.8. The lowest BCUT2D eigenvalue weighted by Crippen LogP contribution is -2.22. The summed E-state index contributed by atoms with van der Waals surface area (Å²) in [6, 6.07) is 26.2.